The summed E-state index contributed by atoms with van der Waals surface area (Å²) in [5.41, 5.74) is 2.34. The zero-order valence-corrected chi connectivity index (χ0v) is 10.0. The first kappa shape index (κ1) is 11.5. The van der Waals surface area contributed by atoms with Crippen molar-refractivity contribution in [3.05, 3.63) is 47.7 Å². The third-order valence-electron chi connectivity index (χ3n) is 2.79. The number of furan rings is 1. The summed E-state index contributed by atoms with van der Waals surface area (Å²) in [5, 5.41) is 0. The Bertz CT molecular complexity index is 499. The van der Waals surface area contributed by atoms with Crippen LogP contribution in [0.5, 0.6) is 0 Å². The van der Waals surface area contributed by atoms with Gasteiger partial charge in [-0.15, -0.1) is 0 Å². The molecule has 1 aromatic carbocycles. The van der Waals surface area contributed by atoms with Gasteiger partial charge in [0.15, 0.2) is 17.9 Å². The van der Waals surface area contributed by atoms with Crippen LogP contribution in [-0.2, 0) is 6.42 Å². The van der Waals surface area contributed by atoms with Gasteiger partial charge in [-0.2, -0.15) is 0 Å². The van der Waals surface area contributed by atoms with Crippen molar-refractivity contribution < 1.29 is 9.21 Å². The van der Waals surface area contributed by atoms with E-state index in [9.17, 15) is 4.79 Å². The minimum atomic E-state index is 0.344. The molecule has 0 bridgehead atoms. The molecule has 0 saturated carbocycles. The van der Waals surface area contributed by atoms with Crippen LogP contribution < -0.4 is 4.90 Å². The fourth-order valence-electron chi connectivity index (χ4n) is 1.67. The van der Waals surface area contributed by atoms with E-state index in [4.69, 9.17) is 4.42 Å². The first-order valence-electron chi connectivity index (χ1n) is 5.62. The molecule has 2 rings (SSSR count). The predicted octanol–water partition coefficient (Wildman–Crippen LogP) is 3.42. The van der Waals surface area contributed by atoms with Gasteiger partial charge in [0, 0.05) is 18.8 Å². The van der Waals surface area contributed by atoms with Gasteiger partial charge in [-0.25, -0.2) is 0 Å². The van der Waals surface area contributed by atoms with Crippen molar-refractivity contribution >= 4 is 17.9 Å². The van der Waals surface area contributed by atoms with Gasteiger partial charge in [0.05, 0.1) is 0 Å². The lowest BCUT2D eigenvalue weighted by Crippen LogP contribution is -2.08. The second kappa shape index (κ2) is 4.87. The fraction of sp³-hybridized carbons (Fsp3) is 0.214. The molecule has 0 amide bonds. The maximum absolute atomic E-state index is 10.6. The molecule has 0 fully saturated rings. The van der Waals surface area contributed by atoms with Crippen LogP contribution in [0.25, 0.3) is 0 Å². The van der Waals surface area contributed by atoms with E-state index in [2.05, 4.69) is 19.1 Å². The number of aldehydes is 1. The van der Waals surface area contributed by atoms with Gasteiger partial charge in [0.1, 0.15) is 0 Å². The van der Waals surface area contributed by atoms with Crippen LogP contribution >= 0.6 is 0 Å². The molecule has 0 saturated heterocycles. The van der Waals surface area contributed by atoms with E-state index >= 15 is 0 Å². The van der Waals surface area contributed by atoms with Crippen molar-refractivity contribution in [3.63, 3.8) is 0 Å². The molecule has 0 spiro atoms. The number of nitrogens with zero attached hydrogens (tertiary/aromatic N) is 1. The van der Waals surface area contributed by atoms with Crippen LogP contribution in [0.2, 0.25) is 0 Å². The number of carbonyl (C=O) groups excluding carboxylic acids is 1. The average molecular weight is 229 g/mol. The summed E-state index contributed by atoms with van der Waals surface area (Å²) in [7, 11) is 1.91. The molecular formula is C14H15NO2. The number of hydrogen-bond donors (Lipinski definition) is 0. The summed E-state index contributed by atoms with van der Waals surface area (Å²) >= 11 is 0. The van der Waals surface area contributed by atoms with Gasteiger partial charge in [0.2, 0.25) is 0 Å². The smallest absolute Gasteiger partial charge is 0.200 e. The van der Waals surface area contributed by atoms with Crippen LogP contribution in [0.4, 0.5) is 11.6 Å². The molecule has 1 heterocycles. The Kier molecular flexibility index (Phi) is 3.28. The maximum Gasteiger partial charge on any atom is 0.200 e. The summed E-state index contributed by atoms with van der Waals surface area (Å²) in [5.74, 6) is 1.01. The van der Waals surface area contributed by atoms with Gasteiger partial charge in [-0.3, -0.25) is 4.79 Å². The lowest BCUT2D eigenvalue weighted by Gasteiger charge is -2.16. The highest BCUT2D eigenvalue weighted by atomic mass is 16.4. The van der Waals surface area contributed by atoms with E-state index in [1.165, 1.54) is 5.56 Å². The van der Waals surface area contributed by atoms with Crippen LogP contribution in [0.1, 0.15) is 23.0 Å². The molecule has 0 N–H and O–H groups in total. The number of benzene rings is 1. The molecule has 0 aliphatic heterocycles. The number of rotatable bonds is 4. The summed E-state index contributed by atoms with van der Waals surface area (Å²) in [6.45, 7) is 2.13. The molecule has 0 radical (unpaired) electrons. The van der Waals surface area contributed by atoms with E-state index in [0.717, 1.165) is 12.1 Å². The third kappa shape index (κ3) is 2.38. The fourth-order valence-corrected chi connectivity index (χ4v) is 1.67. The first-order valence-corrected chi connectivity index (χ1v) is 5.62. The second-order valence-corrected chi connectivity index (χ2v) is 3.87. The van der Waals surface area contributed by atoms with Gasteiger partial charge >= 0.3 is 0 Å². The molecule has 3 nitrogen and oxygen atoms in total. The van der Waals surface area contributed by atoms with Crippen molar-refractivity contribution in [1.82, 2.24) is 0 Å². The van der Waals surface area contributed by atoms with Crippen molar-refractivity contribution in [1.29, 1.82) is 0 Å². The monoisotopic (exact) mass is 229 g/mol. The van der Waals surface area contributed by atoms with Crippen LogP contribution in [0.15, 0.2) is 40.8 Å². The standard InChI is InChI=1S/C14H15NO2/c1-3-11-4-6-12(7-5-11)15(2)14-9-8-13(10-16)17-14/h4-10H,3H2,1-2H3. The number of carbonyl (C=O) groups is 1. The Morgan fingerprint density at radius 1 is 1.18 bits per heavy atom. The van der Waals surface area contributed by atoms with Gasteiger partial charge in [-0.1, -0.05) is 19.1 Å². The van der Waals surface area contributed by atoms with Crippen molar-refractivity contribution in [3.8, 4) is 0 Å². The van der Waals surface area contributed by atoms with E-state index in [1.54, 1.807) is 12.1 Å². The quantitative estimate of drug-likeness (QED) is 0.753. The van der Waals surface area contributed by atoms with Gasteiger partial charge in [-0.05, 0) is 30.2 Å². The Labute approximate surface area is 101 Å². The van der Waals surface area contributed by atoms with Gasteiger partial charge in [0.25, 0.3) is 0 Å². The van der Waals surface area contributed by atoms with Crippen LogP contribution in [0.3, 0.4) is 0 Å². The summed E-state index contributed by atoms with van der Waals surface area (Å²) in [4.78, 5) is 12.5. The lowest BCUT2D eigenvalue weighted by atomic mass is 10.1. The zero-order chi connectivity index (χ0) is 12.3. The normalized spacial score (nSPS) is 10.2. The van der Waals surface area contributed by atoms with Crippen molar-refractivity contribution in [2.75, 3.05) is 11.9 Å². The third-order valence-corrected chi connectivity index (χ3v) is 2.79. The first-order chi connectivity index (χ1) is 8.24. The molecule has 88 valence electrons. The molecule has 2 aromatic rings. The average Bonchev–Trinajstić information content (AvgIpc) is 2.87. The minimum absolute atomic E-state index is 0.344. The minimum Gasteiger partial charge on any atom is -0.437 e. The van der Waals surface area contributed by atoms with Crippen LogP contribution in [-0.4, -0.2) is 13.3 Å². The molecule has 3 heteroatoms. The highest BCUT2D eigenvalue weighted by molar-refractivity contribution is 5.72. The largest absolute Gasteiger partial charge is 0.437 e. The lowest BCUT2D eigenvalue weighted by molar-refractivity contribution is 0.110. The predicted molar refractivity (Wildman–Crippen MR) is 68.0 cm³/mol. The number of hydrogen-bond acceptors (Lipinski definition) is 3. The molecule has 0 aliphatic carbocycles. The number of aryl methyl sites for hydroxylation is 1. The Hall–Kier alpha value is -2.03. The zero-order valence-electron chi connectivity index (χ0n) is 10.0. The maximum atomic E-state index is 10.6. The second-order valence-electron chi connectivity index (χ2n) is 3.87. The summed E-state index contributed by atoms with van der Waals surface area (Å²) in [6, 6.07) is 11.7. The van der Waals surface area contributed by atoms with Crippen LogP contribution in [0, 0.1) is 0 Å². The summed E-state index contributed by atoms with van der Waals surface area (Å²) in [6.07, 6.45) is 1.73. The Morgan fingerprint density at radius 2 is 1.88 bits per heavy atom. The van der Waals surface area contributed by atoms with Crippen molar-refractivity contribution in [2.24, 2.45) is 0 Å². The Morgan fingerprint density at radius 3 is 2.41 bits per heavy atom. The molecule has 1 aromatic heterocycles. The SMILES string of the molecule is CCc1ccc(N(C)c2ccc(C=O)o2)cc1. The number of anilines is 2. The molecule has 17 heavy (non-hydrogen) atoms. The van der Waals surface area contributed by atoms with E-state index < -0.39 is 0 Å². The topological polar surface area (TPSA) is 33.5 Å². The molecule has 0 aliphatic rings. The van der Waals surface area contributed by atoms with Crippen molar-refractivity contribution in [2.45, 2.75) is 13.3 Å². The van der Waals surface area contributed by atoms with Gasteiger partial charge < -0.3 is 9.32 Å². The van der Waals surface area contributed by atoms with E-state index in [-0.39, 0.29) is 0 Å². The van der Waals surface area contributed by atoms with E-state index in [1.807, 2.05) is 24.1 Å². The molecular weight excluding hydrogens is 214 g/mol. The highest BCUT2D eigenvalue weighted by Gasteiger charge is 2.08. The van der Waals surface area contributed by atoms with E-state index in [0.29, 0.717) is 17.9 Å². The molecule has 0 atom stereocenters. The highest BCUT2D eigenvalue weighted by Crippen LogP contribution is 2.25. The summed E-state index contributed by atoms with van der Waals surface area (Å²) < 4.78 is 5.36. The molecule has 0 unspecified atom stereocenters. The Balaban J connectivity index is 2.23.